The van der Waals surface area contributed by atoms with Gasteiger partial charge in [-0.15, -0.1) is 5.10 Å². The molecule has 0 aliphatic heterocycles. The lowest BCUT2D eigenvalue weighted by atomic mass is 9.84. The lowest BCUT2D eigenvalue weighted by Gasteiger charge is -2.33. The highest BCUT2D eigenvalue weighted by atomic mass is 35.5. The third kappa shape index (κ3) is 6.65. The van der Waals surface area contributed by atoms with Crippen molar-refractivity contribution in [1.29, 1.82) is 0 Å². The molecule has 0 saturated heterocycles. The summed E-state index contributed by atoms with van der Waals surface area (Å²) in [5, 5.41) is 28.8. The minimum Gasteiger partial charge on any atom is -0.390 e. The molecule has 4 heterocycles. The van der Waals surface area contributed by atoms with Gasteiger partial charge in [-0.1, -0.05) is 44.9 Å². The number of rotatable bonds is 8. The van der Waals surface area contributed by atoms with Crippen LogP contribution in [0, 0.1) is 0 Å². The van der Waals surface area contributed by atoms with Gasteiger partial charge in [0.05, 0.1) is 28.6 Å². The number of anilines is 2. The van der Waals surface area contributed by atoms with Crippen molar-refractivity contribution in [2.45, 2.75) is 82.1 Å². The molecule has 0 spiro atoms. The predicted molar refractivity (Wildman–Crippen MR) is 197 cm³/mol. The highest BCUT2D eigenvalue weighted by molar-refractivity contribution is 6.32. The Morgan fingerprint density at radius 2 is 1.52 bits per heavy atom. The van der Waals surface area contributed by atoms with Crippen LogP contribution < -0.4 is 15.2 Å². The van der Waals surface area contributed by atoms with Crippen molar-refractivity contribution in [3.8, 4) is 28.2 Å². The third-order valence-corrected chi connectivity index (χ3v) is 10.8. The Morgan fingerprint density at radius 1 is 0.820 bits per heavy atom. The summed E-state index contributed by atoms with van der Waals surface area (Å²) in [5.41, 5.74) is 5.42. The van der Waals surface area contributed by atoms with E-state index in [4.69, 9.17) is 38.1 Å². The standard InChI is InChI=1S/C38H41Cl2N8O2/c1-38(49)18-16-28(17-19-38)43-34-12-14-36-41-22-32(47(36)44-34)25-6-11-31(30(40)21-25)46-23-33(24-4-3-5-26(39)20-24)48-37(46)15-13-35(45-48)42-27-7-9-29(50-2)10-8-27/h3-6,11-15,20-23,27-29,49H,7-10,16-19H2,1-2H3,(H,42,45)(H,43,44)/q+1. The number of hydrogen-bond donors (Lipinski definition) is 3. The number of aliphatic hydroxyl groups is 1. The molecule has 2 aliphatic rings. The van der Waals surface area contributed by atoms with E-state index in [0.717, 1.165) is 102 Å². The molecule has 3 N–H and O–H groups in total. The molecule has 0 amide bonds. The van der Waals surface area contributed by atoms with E-state index in [1.807, 2.05) is 82.8 Å². The summed E-state index contributed by atoms with van der Waals surface area (Å²) < 4.78 is 11.4. The molecule has 2 aromatic carbocycles. The molecule has 50 heavy (non-hydrogen) atoms. The number of methoxy groups -OCH3 is 1. The van der Waals surface area contributed by atoms with Crippen molar-refractivity contribution >= 4 is 46.1 Å². The fraction of sp³-hybridized carbons (Fsp3) is 0.368. The Bertz CT molecular complexity index is 2160. The summed E-state index contributed by atoms with van der Waals surface area (Å²) in [4.78, 5) is 4.61. The van der Waals surface area contributed by atoms with E-state index in [-0.39, 0.29) is 6.04 Å². The summed E-state index contributed by atoms with van der Waals surface area (Å²) in [6.07, 6.45) is 11.7. The van der Waals surface area contributed by atoms with Gasteiger partial charge in [-0.3, -0.25) is 0 Å². The molecule has 0 radical (unpaired) electrons. The van der Waals surface area contributed by atoms with E-state index in [0.29, 0.717) is 22.2 Å². The summed E-state index contributed by atoms with van der Waals surface area (Å²) >= 11 is 13.6. The van der Waals surface area contributed by atoms with Crippen LogP contribution in [-0.2, 0) is 4.74 Å². The average molecular weight is 713 g/mol. The van der Waals surface area contributed by atoms with Crippen molar-refractivity contribution in [3.05, 3.63) is 89.2 Å². The Kier molecular flexibility index (Phi) is 8.89. The van der Waals surface area contributed by atoms with Crippen LogP contribution in [-0.4, -0.2) is 60.2 Å². The summed E-state index contributed by atoms with van der Waals surface area (Å²) in [6, 6.07) is 22.5. The molecule has 0 bridgehead atoms. The van der Waals surface area contributed by atoms with E-state index in [9.17, 15) is 5.11 Å². The Hall–Kier alpha value is -4.22. The molecule has 2 aliphatic carbocycles. The summed E-state index contributed by atoms with van der Waals surface area (Å²) in [7, 11) is 1.80. The van der Waals surface area contributed by atoms with Crippen molar-refractivity contribution in [2.75, 3.05) is 17.7 Å². The van der Waals surface area contributed by atoms with Gasteiger partial charge in [0.1, 0.15) is 12.0 Å². The van der Waals surface area contributed by atoms with E-state index in [2.05, 4.69) is 32.4 Å². The van der Waals surface area contributed by atoms with Crippen LogP contribution in [0.1, 0.15) is 58.3 Å². The van der Waals surface area contributed by atoms with Crippen LogP contribution in [0.25, 0.3) is 39.5 Å². The zero-order valence-electron chi connectivity index (χ0n) is 28.2. The van der Waals surface area contributed by atoms with Crippen LogP contribution in [0.5, 0.6) is 0 Å². The van der Waals surface area contributed by atoms with Gasteiger partial charge in [-0.05, 0) is 107 Å². The first-order chi connectivity index (χ1) is 24.2. The first-order valence-corrected chi connectivity index (χ1v) is 18.1. The molecule has 0 atom stereocenters. The van der Waals surface area contributed by atoms with Crippen LogP contribution >= 0.6 is 23.2 Å². The number of hydrogen-bond acceptors (Lipinski definition) is 7. The Morgan fingerprint density at radius 3 is 2.24 bits per heavy atom. The maximum atomic E-state index is 10.4. The smallest absolute Gasteiger partial charge is 0.313 e. The average Bonchev–Trinajstić information content (AvgIpc) is 3.71. The van der Waals surface area contributed by atoms with Crippen LogP contribution in [0.2, 0.25) is 10.0 Å². The van der Waals surface area contributed by atoms with E-state index < -0.39 is 5.60 Å². The molecule has 10 nitrogen and oxygen atoms in total. The van der Waals surface area contributed by atoms with Gasteiger partial charge in [0.2, 0.25) is 5.69 Å². The monoisotopic (exact) mass is 711 g/mol. The van der Waals surface area contributed by atoms with Crippen LogP contribution in [0.3, 0.4) is 0 Å². The van der Waals surface area contributed by atoms with Gasteiger partial charge in [0.15, 0.2) is 17.2 Å². The second-order valence-electron chi connectivity index (χ2n) is 14.0. The van der Waals surface area contributed by atoms with Crippen molar-refractivity contribution in [2.24, 2.45) is 0 Å². The number of nitrogens with zero attached hydrogens (tertiary/aromatic N) is 6. The molecule has 0 unspecified atom stereocenters. The van der Waals surface area contributed by atoms with Gasteiger partial charge in [-0.25, -0.2) is 9.50 Å². The van der Waals surface area contributed by atoms with Crippen molar-refractivity contribution < 1.29 is 14.4 Å². The fourth-order valence-corrected chi connectivity index (χ4v) is 7.85. The molecule has 8 rings (SSSR count). The van der Waals surface area contributed by atoms with Gasteiger partial charge < -0.3 is 20.5 Å². The maximum absolute atomic E-state index is 10.4. The van der Waals surface area contributed by atoms with Crippen LogP contribution in [0.4, 0.5) is 11.6 Å². The molecule has 4 aromatic heterocycles. The molecule has 258 valence electrons. The Balaban J connectivity index is 1.11. The van der Waals surface area contributed by atoms with Gasteiger partial charge in [-0.2, -0.15) is 4.57 Å². The fourth-order valence-electron chi connectivity index (χ4n) is 7.39. The number of fused-ring (bicyclic) bond motifs is 2. The van der Waals surface area contributed by atoms with E-state index in [1.165, 1.54) is 0 Å². The lowest BCUT2D eigenvalue weighted by Crippen LogP contribution is -2.36. The number of halogens is 2. The van der Waals surface area contributed by atoms with Crippen molar-refractivity contribution in [1.82, 2.24) is 24.2 Å². The van der Waals surface area contributed by atoms with Gasteiger partial charge >= 0.3 is 5.65 Å². The minimum absolute atomic E-state index is 0.268. The van der Waals surface area contributed by atoms with Crippen LogP contribution in [0.15, 0.2) is 79.1 Å². The second kappa shape index (κ2) is 13.5. The first-order valence-electron chi connectivity index (χ1n) is 17.4. The van der Waals surface area contributed by atoms with Gasteiger partial charge in [0, 0.05) is 41.4 Å². The lowest BCUT2D eigenvalue weighted by molar-refractivity contribution is -0.566. The minimum atomic E-state index is -0.582. The first kappa shape index (κ1) is 33.0. The quantitative estimate of drug-likeness (QED) is 0.139. The number of ether oxygens (including phenoxy) is 1. The molecular formula is C38H41Cl2N8O2+. The zero-order valence-corrected chi connectivity index (χ0v) is 29.7. The topological polar surface area (TPSA) is 105 Å². The summed E-state index contributed by atoms with van der Waals surface area (Å²) in [5.74, 6) is 1.59. The van der Waals surface area contributed by atoms with Gasteiger partial charge in [0.25, 0.3) is 0 Å². The highest BCUT2D eigenvalue weighted by Crippen LogP contribution is 2.32. The molecule has 2 saturated carbocycles. The normalized spacial score (nSPS) is 22.6. The zero-order chi connectivity index (χ0) is 34.4. The molecular weight excluding hydrogens is 671 g/mol. The van der Waals surface area contributed by atoms with E-state index >= 15 is 0 Å². The number of aromatic nitrogens is 6. The SMILES string of the molecule is COC1CCC(Nc2ccc3n(n2)c(-c2cccc(Cl)c2)c[n+]3-c2ccc(-c3cnc4ccc(NC5CCC(C)(O)CC5)nn34)cc2Cl)CC1. The Labute approximate surface area is 301 Å². The number of imidazole rings is 2. The maximum Gasteiger partial charge on any atom is 0.313 e. The highest BCUT2D eigenvalue weighted by Gasteiger charge is 2.29. The molecule has 6 aromatic rings. The second-order valence-corrected chi connectivity index (χ2v) is 14.8. The van der Waals surface area contributed by atoms with Crippen molar-refractivity contribution in [3.63, 3.8) is 0 Å². The number of benzene rings is 2. The third-order valence-electron chi connectivity index (χ3n) is 10.3. The largest absolute Gasteiger partial charge is 0.390 e. The molecule has 12 heteroatoms. The summed E-state index contributed by atoms with van der Waals surface area (Å²) in [6.45, 7) is 1.92. The van der Waals surface area contributed by atoms with E-state index in [1.54, 1.807) is 7.11 Å². The molecule has 2 fully saturated rings. The predicted octanol–water partition coefficient (Wildman–Crippen LogP) is 7.77. The number of nitrogens with one attached hydrogen (secondary N) is 2.